The van der Waals surface area contributed by atoms with E-state index in [4.69, 9.17) is 17.0 Å². The van der Waals surface area contributed by atoms with Crippen molar-refractivity contribution in [2.45, 2.75) is 92.2 Å². The van der Waals surface area contributed by atoms with Crippen LogP contribution in [-0.2, 0) is 33.7 Å². The summed E-state index contributed by atoms with van der Waals surface area (Å²) in [5.74, 6) is 1.02. The number of hydrogen-bond donors (Lipinski definition) is 0. The van der Waals surface area contributed by atoms with E-state index < -0.39 is 20.8 Å². The van der Waals surface area contributed by atoms with E-state index in [0.717, 1.165) is 35.2 Å². The second-order valence-electron chi connectivity index (χ2n) is 16.0. The average Bonchev–Trinajstić information content (AvgIpc) is 3.91. The van der Waals surface area contributed by atoms with E-state index in [1.165, 1.54) is 88.3 Å². The maximum atomic E-state index is 4.93. The molecule has 0 fully saturated rings. The van der Waals surface area contributed by atoms with Crippen molar-refractivity contribution in [3.05, 3.63) is 180 Å². The van der Waals surface area contributed by atoms with Crippen LogP contribution in [0, 0.1) is 0 Å². The molecule has 8 aromatic rings. The fourth-order valence-electron chi connectivity index (χ4n) is 8.30. The molecule has 0 heterocycles. The first-order valence-corrected chi connectivity index (χ1v) is 29.8. The summed E-state index contributed by atoms with van der Waals surface area (Å²) in [6.07, 6.45) is 4.55. The molecule has 306 valence electrons. The van der Waals surface area contributed by atoms with Gasteiger partial charge in [0.2, 0.25) is 0 Å². The van der Waals surface area contributed by atoms with Crippen molar-refractivity contribution in [3.8, 4) is 44.5 Å². The molecule has 8 aromatic carbocycles. The van der Waals surface area contributed by atoms with Crippen molar-refractivity contribution in [2.75, 3.05) is 0 Å². The summed E-state index contributed by atoms with van der Waals surface area (Å²) < 4.78 is 0. The number of benzene rings is 6. The van der Waals surface area contributed by atoms with Crippen LogP contribution in [0.3, 0.4) is 0 Å². The van der Waals surface area contributed by atoms with Gasteiger partial charge in [0.25, 0.3) is 0 Å². The third-order valence-electron chi connectivity index (χ3n) is 10.9. The predicted octanol–water partition coefficient (Wildman–Crippen LogP) is 18.1. The van der Waals surface area contributed by atoms with Crippen molar-refractivity contribution < 1.29 is 20.8 Å². The molecule has 0 aliphatic carbocycles. The molecule has 8 rings (SSSR count). The van der Waals surface area contributed by atoms with Crippen molar-refractivity contribution >= 4 is 48.1 Å². The van der Waals surface area contributed by atoms with Crippen LogP contribution in [0.15, 0.2) is 158 Å². The summed E-state index contributed by atoms with van der Waals surface area (Å²) in [6, 6.07) is 58.0. The standard InChI is InChI=1S/2C27H27.C2H6Si.2ClH.Zr/c2*1-4-10-21-15-16-22-17-23(20-11-6-5-7-12-20)18-26(22)27(21)25-14-9-8-13-24(25)19(2)3;1-3-2;;;/h2*5-9,11-19H,4,10H2,1-3H3;1-2H3;2*1H;/q2*-1;;;;+4/p-2. The Hall–Kier alpha value is -3.78. The molecule has 0 saturated heterocycles. The fraction of sp³-hybridized carbons (Fsp3) is 0.250. The van der Waals surface area contributed by atoms with Gasteiger partial charge in [0.1, 0.15) is 0 Å². The number of hydrogen-bond acceptors (Lipinski definition) is 0. The molecule has 0 aliphatic rings. The second-order valence-corrected chi connectivity index (χ2v) is 20.7. The van der Waals surface area contributed by atoms with Gasteiger partial charge in [0.15, 0.2) is 0 Å². The first-order valence-electron chi connectivity index (χ1n) is 21.5. The van der Waals surface area contributed by atoms with Gasteiger partial charge < -0.3 is 0 Å². The SMILES string of the molecule is CCCc1ccc2[cH-]c(-c3ccccc3)cc2c1-c1ccccc1C(C)C.CCCc1ccc2[cH-]c(-c3ccccc3)cc2c1-c1ccccc1C(C)C.C[Si]C.[Cl][Zr+2][Cl]. The van der Waals surface area contributed by atoms with Gasteiger partial charge in [0.05, 0.1) is 0 Å². The van der Waals surface area contributed by atoms with Crippen molar-refractivity contribution in [1.82, 2.24) is 0 Å². The van der Waals surface area contributed by atoms with Gasteiger partial charge in [-0.15, -0.1) is 69.1 Å². The molecule has 0 aliphatic heterocycles. The van der Waals surface area contributed by atoms with Crippen LogP contribution in [0.4, 0.5) is 0 Å². The molecule has 0 aromatic heterocycles. The minimum atomic E-state index is -0.826. The number of rotatable bonds is 10. The number of halogens is 2. The van der Waals surface area contributed by atoms with Gasteiger partial charge in [-0.3, -0.25) is 0 Å². The zero-order chi connectivity index (χ0) is 43.0. The first kappa shape index (κ1) is 47.3. The van der Waals surface area contributed by atoms with Gasteiger partial charge in [-0.2, -0.15) is 0 Å². The third-order valence-corrected chi connectivity index (χ3v) is 10.9. The molecule has 0 atom stereocenters. The minimum absolute atomic E-state index is 0.509. The Morgan fingerprint density at radius 1 is 0.500 bits per heavy atom. The van der Waals surface area contributed by atoms with E-state index in [1.54, 1.807) is 0 Å². The van der Waals surface area contributed by atoms with Crippen LogP contribution in [0.2, 0.25) is 13.1 Å². The van der Waals surface area contributed by atoms with Crippen molar-refractivity contribution in [2.24, 2.45) is 0 Å². The quantitative estimate of drug-likeness (QED) is 0.0947. The van der Waals surface area contributed by atoms with Crippen molar-refractivity contribution in [3.63, 3.8) is 0 Å². The van der Waals surface area contributed by atoms with E-state index in [0.29, 0.717) is 11.8 Å². The molecule has 0 spiro atoms. The van der Waals surface area contributed by atoms with Crippen LogP contribution < -0.4 is 0 Å². The zero-order valence-corrected chi connectivity index (χ0v) is 41.7. The summed E-state index contributed by atoms with van der Waals surface area (Å²) in [4.78, 5) is 0. The Labute approximate surface area is 382 Å². The van der Waals surface area contributed by atoms with Gasteiger partial charge in [-0.05, 0) is 58.1 Å². The monoisotopic (exact) mass is 920 g/mol. The van der Waals surface area contributed by atoms with Gasteiger partial charge >= 0.3 is 37.9 Å². The van der Waals surface area contributed by atoms with E-state index in [2.05, 4.69) is 212 Å². The Morgan fingerprint density at radius 2 is 0.833 bits per heavy atom. The fourth-order valence-corrected chi connectivity index (χ4v) is 8.30. The van der Waals surface area contributed by atoms with Crippen LogP contribution in [-0.4, -0.2) is 9.52 Å². The second kappa shape index (κ2) is 24.0. The normalized spacial score (nSPS) is 10.7. The summed E-state index contributed by atoms with van der Waals surface area (Å²) in [7, 11) is 11.0. The Balaban J connectivity index is 0.000000201. The molecule has 0 unspecified atom stereocenters. The van der Waals surface area contributed by atoms with Crippen LogP contribution in [0.1, 0.15) is 88.5 Å². The van der Waals surface area contributed by atoms with Gasteiger partial charge in [-0.25, -0.2) is 0 Å². The first-order chi connectivity index (χ1) is 29.2. The predicted molar refractivity (Wildman–Crippen MR) is 266 cm³/mol. The summed E-state index contributed by atoms with van der Waals surface area (Å²) in [6.45, 7) is 18.0. The Bertz CT molecular complexity index is 2330. The van der Waals surface area contributed by atoms with E-state index in [1.807, 2.05) is 0 Å². The summed E-state index contributed by atoms with van der Waals surface area (Å²) >= 11 is -0.826. The van der Waals surface area contributed by atoms with Crippen LogP contribution >= 0.6 is 17.0 Å². The van der Waals surface area contributed by atoms with E-state index >= 15 is 0 Å². The molecule has 0 bridgehead atoms. The van der Waals surface area contributed by atoms with E-state index in [-0.39, 0.29) is 0 Å². The average molecular weight is 923 g/mol. The van der Waals surface area contributed by atoms with Crippen molar-refractivity contribution in [1.29, 1.82) is 0 Å². The molecule has 60 heavy (non-hydrogen) atoms. The molecular formula is C56H60Cl2SiZr. The number of aryl methyl sites for hydroxylation is 2. The molecule has 0 N–H and O–H groups in total. The molecule has 2 radical (unpaired) electrons. The third kappa shape index (κ3) is 11.8. The summed E-state index contributed by atoms with van der Waals surface area (Å²) in [5, 5.41) is 5.44. The molecular weight excluding hydrogens is 863 g/mol. The topological polar surface area (TPSA) is 0 Å². The maximum absolute atomic E-state index is 4.93. The summed E-state index contributed by atoms with van der Waals surface area (Å²) in [5.41, 5.74) is 16.6. The molecule has 0 saturated carbocycles. The zero-order valence-electron chi connectivity index (χ0n) is 36.8. The van der Waals surface area contributed by atoms with Gasteiger partial charge in [0, 0.05) is 9.52 Å². The molecule has 4 heteroatoms. The Morgan fingerprint density at radius 3 is 1.17 bits per heavy atom. The van der Waals surface area contributed by atoms with E-state index in [9.17, 15) is 0 Å². The Kier molecular flexibility index (Phi) is 18.9. The molecule has 0 nitrogen and oxygen atoms in total. The number of fused-ring (bicyclic) bond motifs is 2. The molecule has 0 amide bonds. The van der Waals surface area contributed by atoms with Crippen LogP contribution in [0.5, 0.6) is 0 Å². The van der Waals surface area contributed by atoms with Crippen LogP contribution in [0.25, 0.3) is 66.1 Å². The van der Waals surface area contributed by atoms with Gasteiger partial charge in [-0.1, -0.05) is 211 Å².